The van der Waals surface area contributed by atoms with Gasteiger partial charge in [0.25, 0.3) is 5.91 Å². The summed E-state index contributed by atoms with van der Waals surface area (Å²) < 4.78 is 0. The van der Waals surface area contributed by atoms with Crippen molar-refractivity contribution < 1.29 is 4.79 Å². The number of hydrazone groups is 1. The fraction of sp³-hybridized carbons (Fsp3) is 0.267. The predicted octanol–water partition coefficient (Wildman–Crippen LogP) is 2.28. The third-order valence-corrected chi connectivity index (χ3v) is 3.39. The van der Waals surface area contributed by atoms with Gasteiger partial charge in [0.2, 0.25) is 0 Å². The van der Waals surface area contributed by atoms with Gasteiger partial charge in [-0.15, -0.1) is 24.8 Å². The Morgan fingerprint density at radius 2 is 2.23 bits per heavy atom. The van der Waals surface area contributed by atoms with E-state index in [4.69, 9.17) is 0 Å². The van der Waals surface area contributed by atoms with Crippen LogP contribution in [-0.2, 0) is 4.79 Å². The molecule has 0 spiro atoms. The molecule has 2 N–H and O–H groups in total. The Morgan fingerprint density at radius 1 is 1.36 bits per heavy atom. The van der Waals surface area contributed by atoms with Gasteiger partial charge in [-0.3, -0.25) is 9.78 Å². The van der Waals surface area contributed by atoms with E-state index in [0.717, 1.165) is 35.9 Å². The lowest BCUT2D eigenvalue weighted by atomic mass is 10.1. The quantitative estimate of drug-likeness (QED) is 0.665. The summed E-state index contributed by atoms with van der Waals surface area (Å²) >= 11 is 0. The van der Waals surface area contributed by atoms with E-state index in [2.05, 4.69) is 20.8 Å². The van der Waals surface area contributed by atoms with Gasteiger partial charge < -0.3 is 5.32 Å². The summed E-state index contributed by atoms with van der Waals surface area (Å²) in [7, 11) is 0. The molecule has 1 atom stereocenters. The third-order valence-electron chi connectivity index (χ3n) is 3.39. The molecule has 118 valence electrons. The van der Waals surface area contributed by atoms with Crippen LogP contribution in [0.3, 0.4) is 0 Å². The van der Waals surface area contributed by atoms with Crippen molar-refractivity contribution in [3.8, 4) is 0 Å². The van der Waals surface area contributed by atoms with Gasteiger partial charge in [0.05, 0.1) is 17.8 Å². The lowest BCUT2D eigenvalue weighted by molar-refractivity contribution is -0.122. The van der Waals surface area contributed by atoms with Gasteiger partial charge in [-0.2, -0.15) is 5.10 Å². The normalized spacial score (nSPS) is 17.0. The summed E-state index contributed by atoms with van der Waals surface area (Å²) in [5.41, 5.74) is 4.46. The van der Waals surface area contributed by atoms with Crippen molar-refractivity contribution in [3.63, 3.8) is 0 Å². The Labute approximate surface area is 141 Å². The molecule has 2 aromatic rings. The molecule has 2 heterocycles. The number of halogens is 2. The molecule has 1 fully saturated rings. The van der Waals surface area contributed by atoms with Gasteiger partial charge in [-0.1, -0.05) is 12.1 Å². The molecule has 0 radical (unpaired) electrons. The average molecular weight is 341 g/mol. The summed E-state index contributed by atoms with van der Waals surface area (Å²) in [6.45, 7) is 0.902. The summed E-state index contributed by atoms with van der Waals surface area (Å²) in [5.74, 6) is -0.0683. The highest BCUT2D eigenvalue weighted by Crippen LogP contribution is 2.11. The Morgan fingerprint density at radius 3 is 3.00 bits per heavy atom. The molecular formula is C15H18Cl2N4O. The fourth-order valence-corrected chi connectivity index (χ4v) is 2.33. The first-order valence-corrected chi connectivity index (χ1v) is 6.74. The van der Waals surface area contributed by atoms with Gasteiger partial charge in [-0.25, -0.2) is 5.43 Å². The average Bonchev–Trinajstić information content (AvgIpc) is 3.01. The number of hydrogen-bond donors (Lipinski definition) is 2. The molecule has 7 heteroatoms. The number of rotatable bonds is 3. The third kappa shape index (κ3) is 4.40. The minimum Gasteiger partial charge on any atom is -0.306 e. The molecule has 0 aliphatic carbocycles. The van der Waals surface area contributed by atoms with Crippen LogP contribution in [0.25, 0.3) is 10.9 Å². The Hall–Kier alpha value is -1.69. The second-order valence-corrected chi connectivity index (χ2v) is 4.84. The van der Waals surface area contributed by atoms with Crippen molar-refractivity contribution in [2.45, 2.75) is 18.9 Å². The second-order valence-electron chi connectivity index (χ2n) is 4.84. The summed E-state index contributed by atoms with van der Waals surface area (Å²) in [6.07, 6.45) is 5.34. The van der Waals surface area contributed by atoms with Crippen molar-refractivity contribution >= 4 is 47.8 Å². The highest BCUT2D eigenvalue weighted by molar-refractivity contribution is 5.89. The van der Waals surface area contributed by atoms with E-state index in [0.29, 0.717) is 0 Å². The van der Waals surface area contributed by atoms with Crippen LogP contribution in [0.5, 0.6) is 0 Å². The molecular weight excluding hydrogens is 323 g/mol. The van der Waals surface area contributed by atoms with Crippen molar-refractivity contribution in [2.75, 3.05) is 6.54 Å². The molecule has 0 unspecified atom stereocenters. The van der Waals surface area contributed by atoms with E-state index in [9.17, 15) is 4.79 Å². The van der Waals surface area contributed by atoms with Gasteiger partial charge in [0.15, 0.2) is 0 Å². The van der Waals surface area contributed by atoms with Crippen LogP contribution in [0.15, 0.2) is 41.6 Å². The minimum absolute atomic E-state index is 0. The SMILES string of the molecule is Cl.Cl.O=C(N/N=C/c1ccc2ncccc2c1)[C@@H]1CCCN1. The van der Waals surface area contributed by atoms with Crippen LogP contribution >= 0.6 is 24.8 Å². The van der Waals surface area contributed by atoms with Crippen molar-refractivity contribution in [1.82, 2.24) is 15.7 Å². The summed E-state index contributed by atoms with van der Waals surface area (Å²) in [6, 6.07) is 9.66. The lowest BCUT2D eigenvalue weighted by Gasteiger charge is -2.06. The maximum atomic E-state index is 11.8. The number of nitrogens with one attached hydrogen (secondary N) is 2. The number of pyridine rings is 1. The Balaban J connectivity index is 0.00000121. The molecule has 1 aliphatic rings. The number of carbonyl (C=O) groups is 1. The molecule has 0 saturated carbocycles. The first-order chi connectivity index (χ1) is 9.83. The number of hydrogen-bond acceptors (Lipinski definition) is 4. The molecule has 1 amide bonds. The largest absolute Gasteiger partial charge is 0.306 e. The highest BCUT2D eigenvalue weighted by Gasteiger charge is 2.21. The van der Waals surface area contributed by atoms with Crippen molar-refractivity contribution in [2.24, 2.45) is 5.10 Å². The topological polar surface area (TPSA) is 66.4 Å². The van der Waals surface area contributed by atoms with Crippen LogP contribution in [-0.4, -0.2) is 29.7 Å². The molecule has 3 rings (SSSR count). The first kappa shape index (κ1) is 18.4. The zero-order valence-electron chi connectivity index (χ0n) is 11.9. The molecule has 1 saturated heterocycles. The van der Waals surface area contributed by atoms with Crippen molar-refractivity contribution in [3.05, 3.63) is 42.1 Å². The predicted molar refractivity (Wildman–Crippen MR) is 93.0 cm³/mol. The number of fused-ring (bicyclic) bond motifs is 1. The van der Waals surface area contributed by atoms with E-state index >= 15 is 0 Å². The zero-order chi connectivity index (χ0) is 13.8. The highest BCUT2D eigenvalue weighted by atomic mass is 35.5. The van der Waals surface area contributed by atoms with Gasteiger partial charge in [0, 0.05) is 11.6 Å². The molecule has 1 aromatic carbocycles. The molecule has 1 aliphatic heterocycles. The molecule has 5 nitrogen and oxygen atoms in total. The molecule has 22 heavy (non-hydrogen) atoms. The number of nitrogens with zero attached hydrogens (tertiary/aromatic N) is 2. The van der Waals surface area contributed by atoms with Crippen LogP contribution < -0.4 is 10.7 Å². The number of aromatic nitrogens is 1. The van der Waals surface area contributed by atoms with Crippen LogP contribution in [0.2, 0.25) is 0 Å². The zero-order valence-corrected chi connectivity index (χ0v) is 13.5. The summed E-state index contributed by atoms with van der Waals surface area (Å²) in [4.78, 5) is 16.0. The number of carbonyl (C=O) groups excluding carboxylic acids is 1. The number of amides is 1. The Kier molecular flexibility index (Phi) is 7.24. The van der Waals surface area contributed by atoms with E-state index in [-0.39, 0.29) is 36.8 Å². The lowest BCUT2D eigenvalue weighted by Crippen LogP contribution is -2.38. The molecule has 1 aromatic heterocycles. The van der Waals surface area contributed by atoms with Crippen LogP contribution in [0.1, 0.15) is 18.4 Å². The van der Waals surface area contributed by atoms with Crippen LogP contribution in [0.4, 0.5) is 0 Å². The van der Waals surface area contributed by atoms with E-state index in [1.165, 1.54) is 0 Å². The smallest absolute Gasteiger partial charge is 0.257 e. The Bertz CT molecular complexity index is 657. The maximum Gasteiger partial charge on any atom is 0.257 e. The van der Waals surface area contributed by atoms with Crippen LogP contribution in [0, 0.1) is 0 Å². The van der Waals surface area contributed by atoms with E-state index in [1.54, 1.807) is 12.4 Å². The second kappa shape index (κ2) is 8.68. The van der Waals surface area contributed by atoms with Gasteiger partial charge in [0.1, 0.15) is 0 Å². The number of benzene rings is 1. The monoisotopic (exact) mass is 340 g/mol. The molecule has 0 bridgehead atoms. The maximum absolute atomic E-state index is 11.8. The minimum atomic E-state index is -0.104. The summed E-state index contributed by atoms with van der Waals surface area (Å²) in [5, 5.41) is 8.20. The van der Waals surface area contributed by atoms with E-state index in [1.807, 2.05) is 30.3 Å². The van der Waals surface area contributed by atoms with Gasteiger partial charge >= 0.3 is 0 Å². The first-order valence-electron chi connectivity index (χ1n) is 6.74. The van der Waals surface area contributed by atoms with Gasteiger partial charge in [-0.05, 0) is 43.1 Å². The van der Waals surface area contributed by atoms with E-state index < -0.39 is 0 Å². The fourth-order valence-electron chi connectivity index (χ4n) is 2.33. The van der Waals surface area contributed by atoms with Crippen molar-refractivity contribution in [1.29, 1.82) is 0 Å². The standard InChI is InChI=1S/C15H16N4O.2ClH/c20-15(14-4-2-8-17-14)19-18-10-11-5-6-13-12(9-11)3-1-7-16-13;;/h1,3,5-7,9-10,14,17H,2,4,8H2,(H,19,20);2*1H/b18-10+;;/t14-;;/m0../s1.